The van der Waals surface area contributed by atoms with Crippen LogP contribution in [-0.2, 0) is 27.4 Å². The summed E-state index contributed by atoms with van der Waals surface area (Å²) in [4.78, 5) is 4.16. The van der Waals surface area contributed by atoms with Crippen molar-refractivity contribution in [3.63, 3.8) is 0 Å². The average molecular weight is 334 g/mol. The Bertz CT molecular complexity index is 804. The van der Waals surface area contributed by atoms with Crippen LogP contribution in [0.2, 0.25) is 0 Å². The Hall–Kier alpha value is -2.43. The average Bonchev–Trinajstić information content (AvgIpc) is 3.33. The molecule has 2 heterocycles. The van der Waals surface area contributed by atoms with Gasteiger partial charge in [0.1, 0.15) is 5.60 Å². The zero-order valence-corrected chi connectivity index (χ0v) is 14.3. The molecule has 4 heteroatoms. The van der Waals surface area contributed by atoms with Crippen molar-refractivity contribution in [2.45, 2.75) is 31.3 Å². The van der Waals surface area contributed by atoms with Crippen LogP contribution >= 0.6 is 0 Å². The Kier molecular flexibility index (Phi) is 4.15. The first kappa shape index (κ1) is 16.1. The van der Waals surface area contributed by atoms with E-state index in [4.69, 9.17) is 9.47 Å². The van der Waals surface area contributed by atoms with Crippen LogP contribution in [0.1, 0.15) is 24.5 Å². The van der Waals surface area contributed by atoms with Crippen molar-refractivity contribution >= 4 is 0 Å². The van der Waals surface area contributed by atoms with Gasteiger partial charge < -0.3 is 14.0 Å². The second-order valence-electron chi connectivity index (χ2n) is 6.46. The molecule has 1 saturated heterocycles. The zero-order chi connectivity index (χ0) is 17.2. The van der Waals surface area contributed by atoms with Crippen molar-refractivity contribution in [1.82, 2.24) is 9.55 Å². The van der Waals surface area contributed by atoms with E-state index in [1.807, 2.05) is 35.0 Å². The summed E-state index contributed by atoms with van der Waals surface area (Å²) in [7, 11) is 0. The van der Waals surface area contributed by atoms with E-state index in [9.17, 15) is 0 Å². The molecule has 2 unspecified atom stereocenters. The van der Waals surface area contributed by atoms with Gasteiger partial charge in [0, 0.05) is 18.0 Å². The van der Waals surface area contributed by atoms with Gasteiger partial charge in [0.15, 0.2) is 0 Å². The maximum atomic E-state index is 6.76. The predicted octanol–water partition coefficient (Wildman–Crippen LogP) is 4.09. The second kappa shape index (κ2) is 6.47. The number of benzene rings is 2. The zero-order valence-electron chi connectivity index (χ0n) is 14.3. The first-order chi connectivity index (χ1) is 12.3. The van der Waals surface area contributed by atoms with Gasteiger partial charge in [0.25, 0.3) is 0 Å². The van der Waals surface area contributed by atoms with Crippen molar-refractivity contribution in [2.75, 3.05) is 6.61 Å². The third-order valence-electron chi connectivity index (χ3n) is 4.93. The highest BCUT2D eigenvalue weighted by molar-refractivity contribution is 5.27. The summed E-state index contributed by atoms with van der Waals surface area (Å²) in [5, 5.41) is 0. The molecule has 0 N–H and O–H groups in total. The van der Waals surface area contributed by atoms with Crippen LogP contribution in [0.15, 0.2) is 79.4 Å². The molecule has 1 aliphatic heterocycles. The van der Waals surface area contributed by atoms with E-state index in [1.165, 1.54) is 0 Å². The molecule has 4 nitrogen and oxygen atoms in total. The number of imidazole rings is 1. The van der Waals surface area contributed by atoms with Gasteiger partial charge in [-0.15, -0.1) is 0 Å². The molecular formula is C21H22N2O2. The molecule has 2 aromatic carbocycles. The topological polar surface area (TPSA) is 36.3 Å². The summed E-state index contributed by atoms with van der Waals surface area (Å²) >= 11 is 0. The molecule has 0 saturated carbocycles. The van der Waals surface area contributed by atoms with Gasteiger partial charge >= 0.3 is 0 Å². The molecule has 0 aliphatic carbocycles. The molecule has 0 spiro atoms. The predicted molar refractivity (Wildman–Crippen MR) is 95.8 cm³/mol. The lowest BCUT2D eigenvalue weighted by atomic mass is 9.92. The highest BCUT2D eigenvalue weighted by Crippen LogP contribution is 2.47. The molecular weight excluding hydrogens is 312 g/mol. The van der Waals surface area contributed by atoms with Gasteiger partial charge in [-0.2, -0.15) is 0 Å². The van der Waals surface area contributed by atoms with E-state index in [2.05, 4.69) is 48.3 Å². The molecule has 1 aliphatic rings. The van der Waals surface area contributed by atoms with Gasteiger partial charge in [0.05, 0.1) is 19.5 Å². The lowest BCUT2D eigenvalue weighted by molar-refractivity contribution is -0.208. The van der Waals surface area contributed by atoms with E-state index in [1.54, 1.807) is 12.5 Å². The van der Waals surface area contributed by atoms with Gasteiger partial charge in [0.2, 0.25) is 5.79 Å². The van der Waals surface area contributed by atoms with Gasteiger partial charge in [-0.1, -0.05) is 67.6 Å². The molecule has 3 aromatic rings. The fraction of sp³-hybridized carbons (Fsp3) is 0.286. The highest BCUT2D eigenvalue weighted by Gasteiger charge is 2.51. The molecule has 1 aromatic heterocycles. The lowest BCUT2D eigenvalue weighted by Gasteiger charge is -2.33. The molecule has 0 amide bonds. The summed E-state index contributed by atoms with van der Waals surface area (Å²) in [6.45, 7) is 3.23. The highest BCUT2D eigenvalue weighted by atomic mass is 16.8. The van der Waals surface area contributed by atoms with E-state index in [0.717, 1.165) is 17.5 Å². The van der Waals surface area contributed by atoms with Crippen molar-refractivity contribution in [3.05, 3.63) is 90.5 Å². The summed E-state index contributed by atoms with van der Waals surface area (Å²) in [6.07, 6.45) is 6.35. The number of hydrogen-bond acceptors (Lipinski definition) is 3. The van der Waals surface area contributed by atoms with Crippen LogP contribution in [-0.4, -0.2) is 16.2 Å². The van der Waals surface area contributed by atoms with E-state index in [-0.39, 0.29) is 0 Å². The monoisotopic (exact) mass is 334 g/mol. The van der Waals surface area contributed by atoms with Crippen LogP contribution in [0.4, 0.5) is 0 Å². The molecule has 2 atom stereocenters. The summed E-state index contributed by atoms with van der Waals surface area (Å²) in [5.41, 5.74) is 1.73. The van der Waals surface area contributed by atoms with E-state index in [0.29, 0.717) is 13.2 Å². The molecule has 25 heavy (non-hydrogen) atoms. The molecule has 128 valence electrons. The van der Waals surface area contributed by atoms with Crippen molar-refractivity contribution in [3.8, 4) is 0 Å². The largest absolute Gasteiger partial charge is 0.341 e. The Morgan fingerprint density at radius 1 is 1.00 bits per heavy atom. The maximum absolute atomic E-state index is 6.76. The number of hydrogen-bond donors (Lipinski definition) is 0. The van der Waals surface area contributed by atoms with Crippen molar-refractivity contribution in [1.29, 1.82) is 0 Å². The molecule has 1 fully saturated rings. The summed E-state index contributed by atoms with van der Waals surface area (Å²) in [5.74, 6) is -0.826. The number of aromatic nitrogens is 2. The second-order valence-corrected chi connectivity index (χ2v) is 6.46. The minimum atomic E-state index is -0.826. The minimum Gasteiger partial charge on any atom is -0.341 e. The summed E-state index contributed by atoms with van der Waals surface area (Å²) in [6, 6.07) is 20.5. The van der Waals surface area contributed by atoms with Crippen LogP contribution in [0, 0.1) is 0 Å². The first-order valence-corrected chi connectivity index (χ1v) is 8.67. The van der Waals surface area contributed by atoms with Crippen molar-refractivity contribution < 1.29 is 9.47 Å². The summed E-state index contributed by atoms with van der Waals surface area (Å²) < 4.78 is 15.2. The Morgan fingerprint density at radius 3 is 2.28 bits per heavy atom. The standard InChI is InChI=1S/C21H22N2O2/c1-2-20(18-9-5-3-6-10-18)16-24-21(25-20,15-23-14-13-22-17-23)19-11-7-4-8-12-19/h3-14,17H,2,15-16H2,1H3. The Labute approximate surface area is 148 Å². The molecule has 0 radical (unpaired) electrons. The lowest BCUT2D eigenvalue weighted by Crippen LogP contribution is -2.36. The Balaban J connectivity index is 1.75. The Morgan fingerprint density at radius 2 is 1.68 bits per heavy atom. The normalized spacial score (nSPS) is 26.0. The number of rotatable bonds is 5. The van der Waals surface area contributed by atoms with E-state index >= 15 is 0 Å². The quantitative estimate of drug-likeness (QED) is 0.705. The van der Waals surface area contributed by atoms with Crippen LogP contribution in [0.5, 0.6) is 0 Å². The van der Waals surface area contributed by atoms with Crippen LogP contribution in [0.25, 0.3) is 0 Å². The number of ether oxygens (including phenoxy) is 2. The van der Waals surface area contributed by atoms with Gasteiger partial charge in [-0.3, -0.25) is 0 Å². The first-order valence-electron chi connectivity index (χ1n) is 8.67. The van der Waals surface area contributed by atoms with Crippen LogP contribution in [0.3, 0.4) is 0 Å². The fourth-order valence-corrected chi connectivity index (χ4v) is 3.49. The van der Waals surface area contributed by atoms with Gasteiger partial charge in [-0.25, -0.2) is 4.98 Å². The number of nitrogens with zero attached hydrogens (tertiary/aromatic N) is 2. The maximum Gasteiger partial charge on any atom is 0.214 e. The van der Waals surface area contributed by atoms with E-state index < -0.39 is 11.4 Å². The minimum absolute atomic E-state index is 0.447. The van der Waals surface area contributed by atoms with Crippen molar-refractivity contribution in [2.24, 2.45) is 0 Å². The fourth-order valence-electron chi connectivity index (χ4n) is 3.49. The smallest absolute Gasteiger partial charge is 0.214 e. The third-order valence-corrected chi connectivity index (χ3v) is 4.93. The van der Waals surface area contributed by atoms with Gasteiger partial charge in [-0.05, 0) is 12.0 Å². The molecule has 0 bridgehead atoms. The SMILES string of the molecule is CCC1(c2ccccc2)COC(Cn2ccnc2)(c2ccccc2)O1. The third kappa shape index (κ3) is 2.88. The van der Waals surface area contributed by atoms with Crippen LogP contribution < -0.4 is 0 Å². The molecule has 4 rings (SSSR count).